The molecule has 0 atom stereocenters. The van der Waals surface area contributed by atoms with E-state index in [4.69, 9.17) is 0 Å². The van der Waals surface area contributed by atoms with Gasteiger partial charge in [0.1, 0.15) is 11.3 Å². The fourth-order valence-electron chi connectivity index (χ4n) is 4.79. The molecular formula is C26H30N6O3. The number of aliphatic hydroxyl groups is 1. The quantitative estimate of drug-likeness (QED) is 0.340. The second kappa shape index (κ2) is 9.14. The van der Waals surface area contributed by atoms with Gasteiger partial charge in [0.2, 0.25) is 0 Å². The predicted octanol–water partition coefficient (Wildman–Crippen LogP) is 3.21. The third-order valence-corrected chi connectivity index (χ3v) is 6.65. The lowest BCUT2D eigenvalue weighted by Gasteiger charge is -2.29. The van der Waals surface area contributed by atoms with Gasteiger partial charge < -0.3 is 15.7 Å². The zero-order valence-electron chi connectivity index (χ0n) is 19.9. The van der Waals surface area contributed by atoms with Crippen molar-refractivity contribution in [1.82, 2.24) is 24.9 Å². The second-order valence-corrected chi connectivity index (χ2v) is 9.96. The van der Waals surface area contributed by atoms with Crippen LogP contribution in [0.1, 0.15) is 61.6 Å². The number of hydrogen-bond acceptors (Lipinski definition) is 6. The van der Waals surface area contributed by atoms with E-state index in [9.17, 15) is 14.7 Å². The van der Waals surface area contributed by atoms with Crippen LogP contribution in [0.15, 0.2) is 53.6 Å². The number of fused-ring (bicyclic) bond motifs is 2. The van der Waals surface area contributed by atoms with Gasteiger partial charge in [-0.15, -0.1) is 0 Å². The second-order valence-electron chi connectivity index (χ2n) is 9.96. The van der Waals surface area contributed by atoms with Crippen molar-refractivity contribution in [3.05, 3.63) is 70.5 Å². The Hall–Kier alpha value is -3.72. The van der Waals surface area contributed by atoms with E-state index in [1.807, 2.05) is 42.6 Å². The number of H-pyrrole nitrogens is 1. The van der Waals surface area contributed by atoms with E-state index in [1.54, 1.807) is 24.4 Å². The summed E-state index contributed by atoms with van der Waals surface area (Å²) < 4.78 is 1.77. The topological polar surface area (TPSA) is 124 Å². The van der Waals surface area contributed by atoms with Crippen LogP contribution < -0.4 is 16.2 Å². The molecule has 0 spiro atoms. The highest BCUT2D eigenvalue weighted by Gasteiger charge is 2.27. The largest absolute Gasteiger partial charge is 0.389 e. The van der Waals surface area contributed by atoms with Crippen LogP contribution in [0.2, 0.25) is 0 Å². The van der Waals surface area contributed by atoms with Gasteiger partial charge in [-0.1, -0.05) is 18.2 Å². The van der Waals surface area contributed by atoms with Gasteiger partial charge >= 0.3 is 0 Å². The highest BCUT2D eigenvalue weighted by molar-refractivity contribution is 5.93. The molecule has 4 N–H and O–H groups in total. The van der Waals surface area contributed by atoms with Gasteiger partial charge in [0.05, 0.1) is 22.9 Å². The third kappa shape index (κ3) is 4.90. The van der Waals surface area contributed by atoms with Crippen molar-refractivity contribution in [3.63, 3.8) is 0 Å². The van der Waals surface area contributed by atoms with Gasteiger partial charge in [0, 0.05) is 41.8 Å². The lowest BCUT2D eigenvalue weighted by atomic mass is 9.82. The summed E-state index contributed by atoms with van der Waals surface area (Å²) in [4.78, 5) is 29.5. The first-order valence-electron chi connectivity index (χ1n) is 12.0. The van der Waals surface area contributed by atoms with Crippen molar-refractivity contribution < 1.29 is 9.90 Å². The Kier molecular flexibility index (Phi) is 6.02. The molecule has 9 heteroatoms. The minimum Gasteiger partial charge on any atom is -0.389 e. The zero-order valence-corrected chi connectivity index (χ0v) is 19.9. The normalized spacial score (nSPS) is 18.6. The summed E-state index contributed by atoms with van der Waals surface area (Å²) in [6.45, 7) is 3.89. The zero-order chi connectivity index (χ0) is 24.6. The first-order valence-corrected chi connectivity index (χ1v) is 12.0. The summed E-state index contributed by atoms with van der Waals surface area (Å²) in [6.07, 6.45) is 6.86. The fraction of sp³-hybridized carbons (Fsp3) is 0.385. The van der Waals surface area contributed by atoms with Gasteiger partial charge in [-0.05, 0) is 51.7 Å². The third-order valence-electron chi connectivity index (χ3n) is 6.65. The number of hydrogen-bond donors (Lipinski definition) is 4. The van der Waals surface area contributed by atoms with E-state index in [0.717, 1.165) is 42.5 Å². The van der Waals surface area contributed by atoms with Gasteiger partial charge in [0.25, 0.3) is 11.5 Å². The van der Waals surface area contributed by atoms with Gasteiger partial charge in [0.15, 0.2) is 0 Å². The number of imidazole rings is 1. The Morgan fingerprint density at radius 1 is 1.17 bits per heavy atom. The van der Waals surface area contributed by atoms with E-state index >= 15 is 0 Å². The van der Waals surface area contributed by atoms with E-state index in [1.165, 1.54) is 0 Å². The molecule has 1 aromatic carbocycles. The maximum atomic E-state index is 13.0. The molecule has 0 unspecified atom stereocenters. The van der Waals surface area contributed by atoms with E-state index < -0.39 is 5.60 Å². The predicted molar refractivity (Wildman–Crippen MR) is 135 cm³/mol. The molecule has 9 nitrogen and oxygen atoms in total. The van der Waals surface area contributed by atoms with Crippen molar-refractivity contribution in [3.8, 4) is 0 Å². The highest BCUT2D eigenvalue weighted by Crippen LogP contribution is 2.34. The molecule has 4 aromatic rings. The number of amides is 1. The van der Waals surface area contributed by atoms with Crippen LogP contribution in [0.25, 0.3) is 16.4 Å². The SMILES string of the molecule is CC(C)(O)CNc1ccn2c(C(=O)N[C@H]3CC[C@H](c4n[nH]c(=O)c5ccccc54)CC3)cnc2c1. The van der Waals surface area contributed by atoms with Crippen molar-refractivity contribution in [1.29, 1.82) is 0 Å². The number of carbonyl (C=O) groups is 1. The van der Waals surface area contributed by atoms with E-state index in [2.05, 4.69) is 25.8 Å². The van der Waals surface area contributed by atoms with E-state index in [-0.39, 0.29) is 23.4 Å². The molecule has 0 bridgehead atoms. The number of carbonyl (C=O) groups excluding carboxylic acids is 1. The van der Waals surface area contributed by atoms with Crippen molar-refractivity contribution in [2.24, 2.45) is 0 Å². The molecule has 0 aliphatic heterocycles. The number of nitrogens with zero attached hydrogens (tertiary/aromatic N) is 3. The van der Waals surface area contributed by atoms with Crippen LogP contribution in [-0.2, 0) is 0 Å². The minimum atomic E-state index is -0.827. The molecule has 35 heavy (non-hydrogen) atoms. The van der Waals surface area contributed by atoms with Crippen LogP contribution in [0.3, 0.4) is 0 Å². The summed E-state index contributed by atoms with van der Waals surface area (Å²) in [5.41, 5.74) is 1.92. The minimum absolute atomic E-state index is 0.0750. The highest BCUT2D eigenvalue weighted by atomic mass is 16.3. The van der Waals surface area contributed by atoms with Crippen LogP contribution >= 0.6 is 0 Å². The molecule has 182 valence electrons. The summed E-state index contributed by atoms with van der Waals surface area (Å²) in [6, 6.07) is 11.4. The summed E-state index contributed by atoms with van der Waals surface area (Å²) in [7, 11) is 0. The van der Waals surface area contributed by atoms with Gasteiger partial charge in [-0.3, -0.25) is 14.0 Å². The number of nitrogens with one attached hydrogen (secondary N) is 3. The monoisotopic (exact) mass is 474 g/mol. The smallest absolute Gasteiger partial charge is 0.272 e. The Balaban J connectivity index is 1.23. The maximum absolute atomic E-state index is 13.0. The average molecular weight is 475 g/mol. The van der Waals surface area contributed by atoms with Crippen molar-refractivity contribution in [2.75, 3.05) is 11.9 Å². The number of rotatable bonds is 6. The molecule has 0 saturated heterocycles. The van der Waals surface area contributed by atoms with Gasteiger partial charge in [-0.2, -0.15) is 5.10 Å². The molecule has 3 heterocycles. The van der Waals surface area contributed by atoms with Crippen LogP contribution in [0.5, 0.6) is 0 Å². The lowest BCUT2D eigenvalue weighted by Crippen LogP contribution is -2.38. The molecule has 1 aliphatic rings. The Morgan fingerprint density at radius 2 is 1.91 bits per heavy atom. The van der Waals surface area contributed by atoms with Gasteiger partial charge in [-0.25, -0.2) is 10.1 Å². The molecule has 1 fully saturated rings. The number of aromatic amines is 1. The van der Waals surface area contributed by atoms with E-state index in [0.29, 0.717) is 23.3 Å². The Labute approximate surface area is 202 Å². The standard InChI is InChI=1S/C26H30N6O3/c1-26(2,35)15-28-18-11-12-32-21(14-27-22(32)13-18)25(34)29-17-9-7-16(8-10-17)23-19-5-3-4-6-20(19)24(33)31-30-23/h3-6,11-14,16-17,28,35H,7-10,15H2,1-2H3,(H,29,34)(H,31,33)/t16-,17-. The number of aromatic nitrogens is 4. The molecule has 1 saturated carbocycles. The molecule has 3 aromatic heterocycles. The maximum Gasteiger partial charge on any atom is 0.272 e. The summed E-state index contributed by atoms with van der Waals surface area (Å²) in [5, 5.41) is 24.8. The Morgan fingerprint density at radius 3 is 2.66 bits per heavy atom. The first-order chi connectivity index (χ1) is 16.8. The molecule has 5 rings (SSSR count). The first kappa shape index (κ1) is 23.0. The van der Waals surface area contributed by atoms with Crippen LogP contribution in [0.4, 0.5) is 5.69 Å². The number of pyridine rings is 1. The number of anilines is 1. The lowest BCUT2D eigenvalue weighted by molar-refractivity contribution is 0.0918. The summed E-state index contributed by atoms with van der Waals surface area (Å²) >= 11 is 0. The summed E-state index contributed by atoms with van der Waals surface area (Å²) in [5.74, 6) is 0.0984. The van der Waals surface area contributed by atoms with Crippen molar-refractivity contribution >= 4 is 28.0 Å². The van der Waals surface area contributed by atoms with Crippen LogP contribution in [0, 0.1) is 0 Å². The van der Waals surface area contributed by atoms with Crippen molar-refractivity contribution in [2.45, 2.75) is 57.1 Å². The fourth-order valence-corrected chi connectivity index (χ4v) is 4.79. The number of benzene rings is 1. The molecule has 0 radical (unpaired) electrons. The average Bonchev–Trinajstić information content (AvgIpc) is 3.27. The Bertz CT molecular complexity index is 1430. The molecule has 1 aliphatic carbocycles. The molecule has 1 amide bonds. The van der Waals surface area contributed by atoms with Crippen LogP contribution in [-0.4, -0.2) is 48.8 Å². The molecular weight excluding hydrogens is 444 g/mol.